The van der Waals surface area contributed by atoms with Crippen LogP contribution in [0.25, 0.3) is 11.0 Å². The van der Waals surface area contributed by atoms with E-state index in [2.05, 4.69) is 14.7 Å². The van der Waals surface area contributed by atoms with Crippen LogP contribution in [0, 0.1) is 6.92 Å². The molecule has 7 heteroatoms. The Balaban J connectivity index is 1.95. The molecule has 5 nitrogen and oxygen atoms in total. The molecule has 3 aromatic rings. The molecule has 0 spiro atoms. The van der Waals surface area contributed by atoms with Gasteiger partial charge in [0, 0.05) is 5.02 Å². The lowest BCUT2D eigenvalue weighted by atomic mass is 10.2. The van der Waals surface area contributed by atoms with Crippen LogP contribution in [0.5, 0.6) is 0 Å². The van der Waals surface area contributed by atoms with E-state index >= 15 is 0 Å². The summed E-state index contributed by atoms with van der Waals surface area (Å²) in [5.41, 5.74) is 2.30. The van der Waals surface area contributed by atoms with Crippen LogP contribution in [0.2, 0.25) is 5.02 Å². The van der Waals surface area contributed by atoms with Gasteiger partial charge in [0.15, 0.2) is 0 Å². The Morgan fingerprint density at radius 1 is 1.14 bits per heavy atom. The lowest BCUT2D eigenvalue weighted by Gasteiger charge is -2.05. The molecular weight excluding hydrogens is 310 g/mol. The van der Waals surface area contributed by atoms with Crippen LogP contribution in [0.3, 0.4) is 0 Å². The summed E-state index contributed by atoms with van der Waals surface area (Å²) in [6, 6.07) is 11.7. The number of rotatable bonds is 3. The van der Waals surface area contributed by atoms with Gasteiger partial charge in [0.2, 0.25) is 5.95 Å². The highest BCUT2D eigenvalue weighted by Gasteiger charge is 2.16. The molecule has 1 aromatic heterocycles. The van der Waals surface area contributed by atoms with E-state index in [9.17, 15) is 8.42 Å². The van der Waals surface area contributed by atoms with Crippen molar-refractivity contribution in [3.8, 4) is 0 Å². The van der Waals surface area contributed by atoms with Crippen molar-refractivity contribution in [3.63, 3.8) is 0 Å². The number of aryl methyl sites for hydroxylation is 1. The van der Waals surface area contributed by atoms with Gasteiger partial charge in [-0.2, -0.15) is 0 Å². The third-order valence-electron chi connectivity index (χ3n) is 3.01. The zero-order chi connectivity index (χ0) is 15.0. The van der Waals surface area contributed by atoms with Gasteiger partial charge in [0.05, 0.1) is 15.9 Å². The van der Waals surface area contributed by atoms with Crippen molar-refractivity contribution in [2.45, 2.75) is 11.8 Å². The van der Waals surface area contributed by atoms with Crippen molar-refractivity contribution in [2.75, 3.05) is 4.72 Å². The maximum Gasteiger partial charge on any atom is 0.264 e. The highest BCUT2D eigenvalue weighted by molar-refractivity contribution is 7.92. The number of aromatic amines is 1. The van der Waals surface area contributed by atoms with Gasteiger partial charge in [0.25, 0.3) is 10.0 Å². The fourth-order valence-corrected chi connectivity index (χ4v) is 3.06. The molecule has 108 valence electrons. The zero-order valence-electron chi connectivity index (χ0n) is 11.1. The van der Waals surface area contributed by atoms with Crippen molar-refractivity contribution < 1.29 is 8.42 Å². The van der Waals surface area contributed by atoms with E-state index in [1.165, 1.54) is 0 Å². The second-order valence-corrected chi connectivity index (χ2v) is 6.78. The van der Waals surface area contributed by atoms with Crippen molar-refractivity contribution in [1.29, 1.82) is 0 Å². The number of benzene rings is 2. The summed E-state index contributed by atoms with van der Waals surface area (Å²) in [4.78, 5) is 7.26. The van der Waals surface area contributed by atoms with E-state index in [4.69, 9.17) is 11.6 Å². The third-order valence-corrected chi connectivity index (χ3v) is 4.60. The molecule has 0 atom stereocenters. The first-order valence-corrected chi connectivity index (χ1v) is 8.05. The molecule has 0 fully saturated rings. The fraction of sp³-hybridized carbons (Fsp3) is 0.0714. The molecule has 0 unspecified atom stereocenters. The lowest BCUT2D eigenvalue weighted by molar-refractivity contribution is 0.601. The van der Waals surface area contributed by atoms with E-state index in [0.717, 1.165) is 5.56 Å². The molecule has 0 saturated carbocycles. The second kappa shape index (κ2) is 5.05. The molecule has 0 aliphatic rings. The Hall–Kier alpha value is -2.05. The molecular formula is C14H12ClN3O2S. The maximum absolute atomic E-state index is 12.3. The van der Waals surface area contributed by atoms with Crippen LogP contribution < -0.4 is 4.72 Å². The number of sulfonamides is 1. The number of hydrogen-bond donors (Lipinski definition) is 2. The summed E-state index contributed by atoms with van der Waals surface area (Å²) in [6.45, 7) is 1.90. The monoisotopic (exact) mass is 321 g/mol. The van der Waals surface area contributed by atoms with E-state index in [1.807, 2.05) is 6.92 Å². The van der Waals surface area contributed by atoms with E-state index in [-0.39, 0.29) is 10.8 Å². The molecule has 0 amide bonds. The minimum atomic E-state index is -3.66. The van der Waals surface area contributed by atoms with Gasteiger partial charge < -0.3 is 4.98 Å². The Morgan fingerprint density at radius 3 is 2.57 bits per heavy atom. The molecule has 2 aromatic carbocycles. The molecule has 0 aliphatic heterocycles. The quantitative estimate of drug-likeness (QED) is 0.777. The minimum absolute atomic E-state index is 0.160. The Kier molecular flexibility index (Phi) is 3.35. The Morgan fingerprint density at radius 2 is 1.86 bits per heavy atom. The first-order valence-electron chi connectivity index (χ1n) is 6.19. The van der Waals surface area contributed by atoms with Crippen molar-refractivity contribution in [3.05, 3.63) is 53.1 Å². The Bertz CT molecular complexity index is 902. The lowest BCUT2D eigenvalue weighted by Crippen LogP contribution is -2.13. The molecule has 1 heterocycles. The SMILES string of the molecule is Cc1ccc(S(=O)(=O)Nc2nc3cc(Cl)ccc3[nH]2)cc1. The number of aromatic nitrogens is 2. The second-order valence-electron chi connectivity index (χ2n) is 4.67. The van der Waals surface area contributed by atoms with Crippen LogP contribution in [0.1, 0.15) is 5.56 Å². The first-order chi connectivity index (χ1) is 9.94. The van der Waals surface area contributed by atoms with Crippen molar-refractivity contribution in [2.24, 2.45) is 0 Å². The number of nitrogens with zero attached hydrogens (tertiary/aromatic N) is 1. The molecule has 2 N–H and O–H groups in total. The molecule has 0 saturated heterocycles. The van der Waals surface area contributed by atoms with Gasteiger partial charge >= 0.3 is 0 Å². The van der Waals surface area contributed by atoms with Gasteiger partial charge in [-0.1, -0.05) is 29.3 Å². The van der Waals surface area contributed by atoms with Crippen LogP contribution >= 0.6 is 11.6 Å². The third kappa shape index (κ3) is 2.86. The van der Waals surface area contributed by atoms with Crippen molar-refractivity contribution in [1.82, 2.24) is 9.97 Å². The summed E-state index contributed by atoms with van der Waals surface area (Å²) < 4.78 is 26.9. The maximum atomic E-state index is 12.3. The van der Waals surface area contributed by atoms with Gasteiger partial charge in [-0.15, -0.1) is 0 Å². The number of H-pyrrole nitrogens is 1. The number of anilines is 1. The standard InChI is InChI=1S/C14H12ClN3O2S/c1-9-2-5-11(6-3-9)21(19,20)18-14-16-12-7-4-10(15)8-13(12)17-14/h2-8H,1H3,(H2,16,17,18). The number of imidazole rings is 1. The summed E-state index contributed by atoms with van der Waals surface area (Å²) in [6.07, 6.45) is 0. The summed E-state index contributed by atoms with van der Waals surface area (Å²) in [5.74, 6) is 0.160. The fourth-order valence-electron chi connectivity index (χ4n) is 1.93. The van der Waals surface area contributed by atoms with E-state index < -0.39 is 10.0 Å². The smallest absolute Gasteiger partial charge is 0.264 e. The van der Waals surface area contributed by atoms with Gasteiger partial charge in [-0.05, 0) is 37.3 Å². The molecule has 0 aliphatic carbocycles. The van der Waals surface area contributed by atoms with Gasteiger partial charge in [-0.25, -0.2) is 18.1 Å². The van der Waals surface area contributed by atoms with Crippen molar-refractivity contribution >= 4 is 38.6 Å². The number of hydrogen-bond acceptors (Lipinski definition) is 3. The van der Waals surface area contributed by atoms with Gasteiger partial charge in [0.1, 0.15) is 0 Å². The van der Waals surface area contributed by atoms with Crippen LogP contribution in [-0.2, 0) is 10.0 Å². The average molecular weight is 322 g/mol. The van der Waals surface area contributed by atoms with Crippen LogP contribution in [0.15, 0.2) is 47.4 Å². The average Bonchev–Trinajstić information content (AvgIpc) is 2.79. The number of halogens is 1. The number of nitrogens with one attached hydrogen (secondary N) is 2. The molecule has 0 radical (unpaired) electrons. The predicted molar refractivity (Wildman–Crippen MR) is 83.1 cm³/mol. The molecule has 0 bridgehead atoms. The first kappa shape index (κ1) is 13.9. The highest BCUT2D eigenvalue weighted by Crippen LogP contribution is 2.21. The van der Waals surface area contributed by atoms with Crippen LogP contribution in [0.4, 0.5) is 5.95 Å². The van der Waals surface area contributed by atoms with Crippen LogP contribution in [-0.4, -0.2) is 18.4 Å². The molecule has 3 rings (SSSR count). The topological polar surface area (TPSA) is 74.8 Å². The van der Waals surface area contributed by atoms with Gasteiger partial charge in [-0.3, -0.25) is 0 Å². The molecule has 21 heavy (non-hydrogen) atoms. The highest BCUT2D eigenvalue weighted by atomic mass is 35.5. The predicted octanol–water partition coefficient (Wildman–Crippen LogP) is 3.33. The normalized spacial score (nSPS) is 11.7. The summed E-state index contributed by atoms with van der Waals surface area (Å²) in [5, 5.41) is 0.543. The zero-order valence-corrected chi connectivity index (χ0v) is 12.7. The minimum Gasteiger partial charge on any atom is -0.323 e. The number of fused-ring (bicyclic) bond motifs is 1. The largest absolute Gasteiger partial charge is 0.323 e. The Labute approximate surface area is 127 Å². The summed E-state index contributed by atoms with van der Waals surface area (Å²) in [7, 11) is -3.66. The van der Waals surface area contributed by atoms with E-state index in [1.54, 1.807) is 42.5 Å². The summed E-state index contributed by atoms with van der Waals surface area (Å²) >= 11 is 5.88. The van der Waals surface area contributed by atoms with E-state index in [0.29, 0.717) is 16.1 Å².